The molecule has 1 heterocycles. The fourth-order valence-electron chi connectivity index (χ4n) is 2.36. The van der Waals surface area contributed by atoms with Crippen molar-refractivity contribution in [3.8, 4) is 5.75 Å². The molecule has 0 bridgehead atoms. The van der Waals surface area contributed by atoms with Gasteiger partial charge in [-0.1, -0.05) is 24.3 Å². The van der Waals surface area contributed by atoms with E-state index in [-0.39, 0.29) is 0 Å². The number of imidazole rings is 1. The van der Waals surface area contributed by atoms with E-state index in [9.17, 15) is 5.11 Å². The highest BCUT2D eigenvalue weighted by Gasteiger charge is 2.08. The van der Waals surface area contributed by atoms with Gasteiger partial charge in [0.05, 0.1) is 11.0 Å². The molecule has 0 aliphatic carbocycles. The molecule has 0 atom stereocenters. The summed E-state index contributed by atoms with van der Waals surface area (Å²) in [5, 5.41) is 9.56. The molecule has 3 rings (SSSR count). The van der Waals surface area contributed by atoms with Crippen LogP contribution in [0.5, 0.6) is 5.75 Å². The number of hydrogen-bond acceptors (Lipinski definition) is 2. The summed E-state index contributed by atoms with van der Waals surface area (Å²) < 4.78 is 2.12. The zero-order valence-corrected chi connectivity index (χ0v) is 11.1. The molecular weight excluding hydrogens is 236 g/mol. The molecule has 0 radical (unpaired) electrons. The van der Waals surface area contributed by atoms with Gasteiger partial charge in [-0.15, -0.1) is 0 Å². The minimum absolute atomic E-state index is 0.341. The fraction of sp³-hybridized carbons (Fsp3) is 0.188. The van der Waals surface area contributed by atoms with Gasteiger partial charge in [-0.2, -0.15) is 0 Å². The van der Waals surface area contributed by atoms with Crippen molar-refractivity contribution in [2.24, 2.45) is 7.05 Å². The highest BCUT2D eigenvalue weighted by atomic mass is 16.3. The Morgan fingerprint density at radius 3 is 2.68 bits per heavy atom. The second kappa shape index (κ2) is 4.43. The summed E-state index contributed by atoms with van der Waals surface area (Å²) in [6.07, 6.45) is 0.770. The van der Waals surface area contributed by atoms with Crippen molar-refractivity contribution in [2.45, 2.75) is 13.3 Å². The van der Waals surface area contributed by atoms with Crippen molar-refractivity contribution in [1.82, 2.24) is 9.55 Å². The Balaban J connectivity index is 2.01. The summed E-state index contributed by atoms with van der Waals surface area (Å²) in [5.74, 6) is 1.38. The summed E-state index contributed by atoms with van der Waals surface area (Å²) in [6.45, 7) is 1.91. The SMILES string of the molecule is Cc1cc(Cc2nc3ccccc3n2C)ccc1O. The Labute approximate surface area is 112 Å². The topological polar surface area (TPSA) is 38.0 Å². The van der Waals surface area contributed by atoms with Gasteiger partial charge in [0.15, 0.2) is 0 Å². The van der Waals surface area contributed by atoms with Crippen LogP contribution in [0.1, 0.15) is 17.0 Å². The van der Waals surface area contributed by atoms with E-state index >= 15 is 0 Å². The normalized spacial score (nSPS) is 11.1. The van der Waals surface area contributed by atoms with E-state index in [0.29, 0.717) is 5.75 Å². The molecule has 0 spiro atoms. The summed E-state index contributed by atoms with van der Waals surface area (Å²) in [6, 6.07) is 13.8. The van der Waals surface area contributed by atoms with Gasteiger partial charge in [-0.3, -0.25) is 0 Å². The maximum atomic E-state index is 9.56. The van der Waals surface area contributed by atoms with E-state index in [1.165, 1.54) is 0 Å². The summed E-state index contributed by atoms with van der Waals surface area (Å²) in [7, 11) is 2.04. The Kier molecular flexibility index (Phi) is 2.75. The molecule has 0 unspecified atom stereocenters. The number of para-hydroxylation sites is 2. The first-order chi connectivity index (χ1) is 9.15. The molecule has 3 nitrogen and oxygen atoms in total. The molecule has 3 heteroatoms. The predicted octanol–water partition coefficient (Wildman–Crippen LogP) is 3.18. The predicted molar refractivity (Wildman–Crippen MR) is 76.4 cm³/mol. The molecule has 3 aromatic rings. The second-order valence-electron chi connectivity index (χ2n) is 4.87. The van der Waals surface area contributed by atoms with Crippen molar-refractivity contribution >= 4 is 11.0 Å². The van der Waals surface area contributed by atoms with Crippen LogP contribution >= 0.6 is 0 Å². The molecule has 0 saturated heterocycles. The van der Waals surface area contributed by atoms with Crippen LogP contribution < -0.4 is 0 Å². The fourth-order valence-corrected chi connectivity index (χ4v) is 2.36. The lowest BCUT2D eigenvalue weighted by atomic mass is 10.1. The number of rotatable bonds is 2. The molecule has 19 heavy (non-hydrogen) atoms. The molecular formula is C16H16N2O. The number of benzene rings is 2. The van der Waals surface area contributed by atoms with Gasteiger partial charge in [-0.25, -0.2) is 4.98 Å². The Morgan fingerprint density at radius 2 is 1.95 bits per heavy atom. The number of aryl methyl sites for hydroxylation is 2. The second-order valence-corrected chi connectivity index (χ2v) is 4.87. The van der Waals surface area contributed by atoms with Crippen molar-refractivity contribution in [3.05, 3.63) is 59.4 Å². The Morgan fingerprint density at radius 1 is 1.16 bits per heavy atom. The molecule has 1 N–H and O–H groups in total. The number of hydrogen-bond donors (Lipinski definition) is 1. The van der Waals surface area contributed by atoms with E-state index in [1.54, 1.807) is 6.07 Å². The van der Waals surface area contributed by atoms with Gasteiger partial charge in [0.25, 0.3) is 0 Å². The largest absolute Gasteiger partial charge is 0.508 e. The first-order valence-corrected chi connectivity index (χ1v) is 6.34. The summed E-state index contributed by atoms with van der Waals surface area (Å²) >= 11 is 0. The van der Waals surface area contributed by atoms with Crippen LogP contribution in [0.4, 0.5) is 0 Å². The van der Waals surface area contributed by atoms with Gasteiger partial charge >= 0.3 is 0 Å². The summed E-state index contributed by atoms with van der Waals surface area (Å²) in [4.78, 5) is 4.66. The van der Waals surface area contributed by atoms with Gasteiger partial charge in [0.1, 0.15) is 11.6 Å². The van der Waals surface area contributed by atoms with E-state index in [1.807, 2.05) is 44.3 Å². The van der Waals surface area contributed by atoms with Crippen molar-refractivity contribution in [2.75, 3.05) is 0 Å². The molecule has 2 aromatic carbocycles. The van der Waals surface area contributed by atoms with Crippen molar-refractivity contribution in [1.29, 1.82) is 0 Å². The highest BCUT2D eigenvalue weighted by Crippen LogP contribution is 2.21. The van der Waals surface area contributed by atoms with Crippen LogP contribution in [-0.4, -0.2) is 14.7 Å². The van der Waals surface area contributed by atoms with Crippen LogP contribution in [0.15, 0.2) is 42.5 Å². The number of nitrogens with zero attached hydrogens (tertiary/aromatic N) is 2. The minimum atomic E-state index is 0.341. The third kappa shape index (κ3) is 2.08. The van der Waals surface area contributed by atoms with Gasteiger partial charge in [0.2, 0.25) is 0 Å². The van der Waals surface area contributed by atoms with Gasteiger partial charge in [0, 0.05) is 13.5 Å². The zero-order chi connectivity index (χ0) is 13.4. The van der Waals surface area contributed by atoms with E-state index in [4.69, 9.17) is 0 Å². The number of phenols is 1. The minimum Gasteiger partial charge on any atom is -0.508 e. The highest BCUT2D eigenvalue weighted by molar-refractivity contribution is 5.75. The molecule has 96 valence electrons. The van der Waals surface area contributed by atoms with Gasteiger partial charge in [-0.05, 0) is 36.2 Å². The van der Waals surface area contributed by atoms with E-state index in [2.05, 4.69) is 15.6 Å². The standard InChI is InChI=1S/C16H16N2O/c1-11-9-12(7-8-15(11)19)10-16-17-13-5-3-4-6-14(13)18(16)2/h3-9,19H,10H2,1-2H3. The molecule has 0 saturated carbocycles. The van der Waals surface area contributed by atoms with Crippen molar-refractivity contribution in [3.63, 3.8) is 0 Å². The number of aromatic nitrogens is 2. The van der Waals surface area contributed by atoms with E-state index < -0.39 is 0 Å². The maximum absolute atomic E-state index is 9.56. The Bertz CT molecular complexity index is 744. The molecule has 1 aromatic heterocycles. The molecule has 0 aliphatic heterocycles. The monoisotopic (exact) mass is 252 g/mol. The lowest BCUT2D eigenvalue weighted by Crippen LogP contribution is -1.99. The average molecular weight is 252 g/mol. The van der Waals surface area contributed by atoms with Gasteiger partial charge < -0.3 is 9.67 Å². The molecule has 0 aliphatic rings. The molecule has 0 fully saturated rings. The Hall–Kier alpha value is -2.29. The maximum Gasteiger partial charge on any atom is 0.118 e. The van der Waals surface area contributed by atoms with Crippen LogP contribution in [0, 0.1) is 6.92 Å². The van der Waals surface area contributed by atoms with Crippen LogP contribution in [0.2, 0.25) is 0 Å². The first kappa shape index (κ1) is 11.8. The zero-order valence-electron chi connectivity index (χ0n) is 11.1. The lowest BCUT2D eigenvalue weighted by Gasteiger charge is -2.05. The smallest absolute Gasteiger partial charge is 0.118 e. The number of fused-ring (bicyclic) bond motifs is 1. The van der Waals surface area contributed by atoms with Crippen LogP contribution in [0.25, 0.3) is 11.0 Å². The summed E-state index contributed by atoms with van der Waals surface area (Å²) in [5.41, 5.74) is 4.23. The number of aromatic hydroxyl groups is 1. The van der Waals surface area contributed by atoms with Crippen LogP contribution in [0.3, 0.4) is 0 Å². The quantitative estimate of drug-likeness (QED) is 0.760. The molecule has 0 amide bonds. The third-order valence-electron chi connectivity index (χ3n) is 3.50. The first-order valence-electron chi connectivity index (χ1n) is 6.34. The third-order valence-corrected chi connectivity index (χ3v) is 3.50. The number of phenolic OH excluding ortho intramolecular Hbond substituents is 1. The average Bonchev–Trinajstić information content (AvgIpc) is 2.72. The van der Waals surface area contributed by atoms with Crippen molar-refractivity contribution < 1.29 is 5.11 Å². The van der Waals surface area contributed by atoms with E-state index in [0.717, 1.165) is 34.4 Å². The van der Waals surface area contributed by atoms with Crippen LogP contribution in [-0.2, 0) is 13.5 Å². The lowest BCUT2D eigenvalue weighted by molar-refractivity contribution is 0.471.